The molecule has 36 heavy (non-hydrogen) atoms. The van der Waals surface area contributed by atoms with E-state index in [2.05, 4.69) is 10.2 Å². The quantitative estimate of drug-likeness (QED) is 0.143. The molecule has 3 aromatic rings. The predicted octanol–water partition coefficient (Wildman–Crippen LogP) is -8.77. The van der Waals surface area contributed by atoms with Gasteiger partial charge in [0.15, 0.2) is 0 Å². The number of rotatable bonds is 5. The van der Waals surface area contributed by atoms with Crippen molar-refractivity contribution in [2.75, 3.05) is 0 Å². The number of nitrogens with zero attached hydrogens (tertiary/aromatic N) is 2. The summed E-state index contributed by atoms with van der Waals surface area (Å²) in [7, 11) is -14.9. The van der Waals surface area contributed by atoms with Crippen LogP contribution in [0.4, 0.5) is 11.4 Å². The molecule has 0 saturated carbocycles. The van der Waals surface area contributed by atoms with Gasteiger partial charge in [0.2, 0.25) is 0 Å². The maximum absolute atomic E-state index is 12.8. The van der Waals surface area contributed by atoms with E-state index in [9.17, 15) is 45.1 Å². The van der Waals surface area contributed by atoms with Gasteiger partial charge in [-0.25, -0.2) is 0 Å². The molecule has 0 aromatic heterocycles. The van der Waals surface area contributed by atoms with Gasteiger partial charge in [0, 0.05) is 0 Å². The van der Waals surface area contributed by atoms with Crippen LogP contribution in [-0.2, 0) is 30.4 Å². The van der Waals surface area contributed by atoms with Crippen molar-refractivity contribution in [3.63, 3.8) is 0 Å². The van der Waals surface area contributed by atoms with Crippen LogP contribution in [0.2, 0.25) is 0 Å². The second kappa shape index (κ2) is 12.7. The monoisotopic (exact) mass is 586 g/mol. The molecule has 176 valence electrons. The average Bonchev–Trinajstić information content (AvgIpc) is 2.65. The first-order valence-corrected chi connectivity index (χ1v) is 12.5. The van der Waals surface area contributed by atoms with Crippen LogP contribution in [0.15, 0.2) is 61.3 Å². The molecule has 14 nitrogen and oxygen atoms in total. The minimum absolute atomic E-state index is 0. The van der Waals surface area contributed by atoms with Crippen LogP contribution < -0.4 is 104 Å². The molecule has 0 amide bonds. The van der Waals surface area contributed by atoms with E-state index in [4.69, 9.17) is 9.11 Å². The summed E-state index contributed by atoms with van der Waals surface area (Å²) in [5.74, 6) is -3.63. The van der Waals surface area contributed by atoms with E-state index in [-0.39, 0.29) is 88.7 Å². The van der Waals surface area contributed by atoms with Crippen molar-refractivity contribution in [3.8, 4) is 17.2 Å². The van der Waals surface area contributed by atoms with Crippen molar-refractivity contribution in [2.24, 2.45) is 10.2 Å². The Hall–Kier alpha value is -0.350. The summed E-state index contributed by atoms with van der Waals surface area (Å²) in [6, 6.07) is 3.51. The Morgan fingerprint density at radius 1 is 0.639 bits per heavy atom. The smallest absolute Gasteiger partial charge is 0.872 e. The van der Waals surface area contributed by atoms with Gasteiger partial charge in [0.1, 0.15) is 4.90 Å². The molecular formula is C16H9N2Na3O12S3. The number of hydrogen-bond donors (Lipinski definition) is 3. The van der Waals surface area contributed by atoms with Crippen molar-refractivity contribution in [3.05, 3.63) is 36.4 Å². The van der Waals surface area contributed by atoms with E-state index in [1.54, 1.807) is 0 Å². The Bertz CT molecular complexity index is 1680. The van der Waals surface area contributed by atoms with Crippen LogP contribution in [0, 0.1) is 0 Å². The molecule has 0 heterocycles. The van der Waals surface area contributed by atoms with Gasteiger partial charge in [-0.2, -0.15) is 30.4 Å². The van der Waals surface area contributed by atoms with Gasteiger partial charge < -0.3 is 15.3 Å². The molecule has 0 aliphatic rings. The summed E-state index contributed by atoms with van der Waals surface area (Å²) in [6.07, 6.45) is 0. The van der Waals surface area contributed by atoms with E-state index in [1.165, 1.54) is 0 Å². The molecule has 3 N–H and O–H groups in total. The Morgan fingerprint density at radius 2 is 1.19 bits per heavy atom. The molecule has 3 rings (SSSR count). The fourth-order valence-electron chi connectivity index (χ4n) is 2.69. The molecular weight excluding hydrogens is 577 g/mol. The molecule has 0 aliphatic carbocycles. The zero-order chi connectivity index (χ0) is 24.9. The van der Waals surface area contributed by atoms with Crippen molar-refractivity contribution in [1.29, 1.82) is 0 Å². The van der Waals surface area contributed by atoms with Crippen molar-refractivity contribution in [1.82, 2.24) is 0 Å². The number of hydrogen-bond acceptors (Lipinski definition) is 11. The first-order chi connectivity index (χ1) is 15.0. The van der Waals surface area contributed by atoms with Gasteiger partial charge in [-0.15, -0.1) is 10.9 Å². The van der Waals surface area contributed by atoms with Crippen LogP contribution in [0.25, 0.3) is 10.8 Å². The summed E-state index contributed by atoms with van der Waals surface area (Å²) in [5.41, 5.74) is -1.91. The summed E-state index contributed by atoms with van der Waals surface area (Å²) >= 11 is 0. The van der Waals surface area contributed by atoms with Crippen LogP contribution >= 0.6 is 0 Å². The second-order valence-corrected chi connectivity index (χ2v) is 10.6. The molecule has 0 radical (unpaired) electrons. The van der Waals surface area contributed by atoms with Crippen molar-refractivity contribution >= 4 is 52.5 Å². The van der Waals surface area contributed by atoms with Gasteiger partial charge in [-0.3, -0.25) is 13.7 Å². The molecule has 3 aromatic carbocycles. The van der Waals surface area contributed by atoms with E-state index in [0.29, 0.717) is 30.3 Å². The third-order valence-corrected chi connectivity index (χ3v) is 6.68. The molecule has 0 spiro atoms. The van der Waals surface area contributed by atoms with Gasteiger partial charge in [-0.1, -0.05) is 17.6 Å². The minimum Gasteiger partial charge on any atom is -0.872 e. The maximum Gasteiger partial charge on any atom is 1.00 e. The van der Waals surface area contributed by atoms with E-state index in [1.807, 2.05) is 0 Å². The SMILES string of the molecule is O=S(=O)(O)c1ccc([O-])c(N=Nc2c(S(=O)(=O)O)cc3cc(S(=O)(=O)O)cc([O-])c3c2[O-])c1.[Na+].[Na+].[Na+]. The van der Waals surface area contributed by atoms with Gasteiger partial charge in [0.05, 0.1) is 21.2 Å². The Labute approximate surface area is 270 Å². The Kier molecular flexibility index (Phi) is 12.5. The van der Waals surface area contributed by atoms with E-state index >= 15 is 0 Å². The van der Waals surface area contributed by atoms with Crippen molar-refractivity contribution < 1.29 is 143 Å². The summed E-state index contributed by atoms with van der Waals surface area (Å²) in [4.78, 5) is -2.95. The minimum atomic E-state index is -5.24. The summed E-state index contributed by atoms with van der Waals surface area (Å²) in [6.45, 7) is 0. The maximum atomic E-state index is 12.8. The first-order valence-electron chi connectivity index (χ1n) is 8.14. The largest absolute Gasteiger partial charge is 1.00 e. The molecule has 20 heteroatoms. The molecule has 0 atom stereocenters. The predicted molar refractivity (Wildman–Crippen MR) is 102 cm³/mol. The fourth-order valence-corrected chi connectivity index (χ4v) is 4.37. The van der Waals surface area contributed by atoms with Gasteiger partial charge in [-0.05, 0) is 41.1 Å². The molecule has 0 fully saturated rings. The van der Waals surface area contributed by atoms with Gasteiger partial charge >= 0.3 is 88.7 Å². The van der Waals surface area contributed by atoms with E-state index in [0.717, 1.165) is 6.07 Å². The summed E-state index contributed by atoms with van der Waals surface area (Å²) < 4.78 is 96.2. The molecule has 0 saturated heterocycles. The standard InChI is InChI=1S/C16H12N2O12S3.3Na/c19-11-2-1-8(31(22,23)24)5-10(11)17-18-15-13(33(28,29)30)4-7-3-9(32(25,26)27)6-12(20)14(7)16(15)21;;;/h1-6,19-21H,(H,22,23,24)(H,25,26,27)(H,28,29,30);;;/q;3*+1/p-3. The molecule has 0 unspecified atom stereocenters. The summed E-state index contributed by atoms with van der Waals surface area (Å²) in [5, 5.41) is 42.1. The topological polar surface area (TPSA) is 257 Å². The van der Waals surface area contributed by atoms with Crippen molar-refractivity contribution in [2.45, 2.75) is 14.7 Å². The first kappa shape index (κ1) is 35.6. The normalized spacial score (nSPS) is 12.0. The zero-order valence-electron chi connectivity index (χ0n) is 18.6. The Morgan fingerprint density at radius 3 is 1.69 bits per heavy atom. The molecule has 0 bridgehead atoms. The van der Waals surface area contributed by atoms with Crippen LogP contribution in [0.1, 0.15) is 0 Å². The fraction of sp³-hybridized carbons (Fsp3) is 0. The zero-order valence-corrected chi connectivity index (χ0v) is 27.0. The van der Waals surface area contributed by atoms with E-state index < -0.39 is 84.4 Å². The van der Waals surface area contributed by atoms with Crippen LogP contribution in [0.5, 0.6) is 17.2 Å². The number of fused-ring (bicyclic) bond motifs is 1. The van der Waals surface area contributed by atoms with Crippen LogP contribution in [0.3, 0.4) is 0 Å². The third kappa shape index (κ3) is 7.84. The Balaban J connectivity index is 0.00000408. The molecule has 0 aliphatic heterocycles. The second-order valence-electron chi connectivity index (χ2n) is 6.33. The van der Waals surface area contributed by atoms with Gasteiger partial charge in [0.25, 0.3) is 30.4 Å². The third-order valence-electron chi connectivity index (χ3n) is 4.13. The average molecular weight is 586 g/mol. The number of azo groups is 1. The van der Waals surface area contributed by atoms with Crippen LogP contribution in [-0.4, -0.2) is 38.9 Å². The number of benzene rings is 3.